The molecule has 0 aliphatic heterocycles. The van der Waals surface area contributed by atoms with Crippen molar-refractivity contribution in [2.45, 2.75) is 6.92 Å². The standard InChI is InChI=1S/C24H20FNO3S/c1-3-28-24(27)22-19-13-18(15-7-5-4-6-8-15)20(26(2)30)14-21(19)29-23(22)16-9-11-17(25)12-10-16/h4-14,30H,3H2,1-2H3. The van der Waals surface area contributed by atoms with Crippen molar-refractivity contribution in [2.75, 3.05) is 18.0 Å². The minimum absolute atomic E-state index is 0.234. The molecule has 30 heavy (non-hydrogen) atoms. The average molecular weight is 421 g/mol. The molecule has 1 heterocycles. The number of anilines is 1. The second kappa shape index (κ2) is 8.24. The van der Waals surface area contributed by atoms with E-state index in [-0.39, 0.29) is 12.4 Å². The summed E-state index contributed by atoms with van der Waals surface area (Å²) in [5.41, 5.74) is 4.15. The number of halogens is 1. The lowest BCUT2D eigenvalue weighted by molar-refractivity contribution is 0.0529. The molecule has 0 amide bonds. The van der Waals surface area contributed by atoms with Crippen LogP contribution in [0.15, 0.2) is 71.1 Å². The summed E-state index contributed by atoms with van der Waals surface area (Å²) in [6.45, 7) is 1.98. The molecule has 0 radical (unpaired) electrons. The smallest absolute Gasteiger partial charge is 0.342 e. The number of fused-ring (bicyclic) bond motifs is 1. The minimum Gasteiger partial charge on any atom is -0.462 e. The van der Waals surface area contributed by atoms with Crippen molar-refractivity contribution in [3.63, 3.8) is 0 Å². The zero-order valence-electron chi connectivity index (χ0n) is 16.6. The van der Waals surface area contributed by atoms with Gasteiger partial charge in [0, 0.05) is 29.6 Å². The molecule has 0 bridgehead atoms. The Labute approximate surface area is 179 Å². The fraction of sp³-hybridized carbons (Fsp3) is 0.125. The fourth-order valence-corrected chi connectivity index (χ4v) is 3.62. The Kier molecular flexibility index (Phi) is 5.50. The fourth-order valence-electron chi connectivity index (χ4n) is 3.46. The first kappa shape index (κ1) is 20.0. The molecule has 4 rings (SSSR count). The maximum atomic E-state index is 13.4. The molecule has 0 aliphatic rings. The molecule has 1 aromatic heterocycles. The zero-order chi connectivity index (χ0) is 21.3. The summed E-state index contributed by atoms with van der Waals surface area (Å²) in [7, 11) is 1.83. The molecule has 6 heteroatoms. The van der Waals surface area contributed by atoms with Gasteiger partial charge in [0.25, 0.3) is 0 Å². The number of furan rings is 1. The number of nitrogens with zero attached hydrogens (tertiary/aromatic N) is 1. The first-order valence-corrected chi connectivity index (χ1v) is 9.91. The Morgan fingerprint density at radius 2 is 1.77 bits per heavy atom. The van der Waals surface area contributed by atoms with Crippen LogP contribution in [0.2, 0.25) is 0 Å². The molecule has 152 valence electrons. The first-order valence-electron chi connectivity index (χ1n) is 9.51. The zero-order valence-corrected chi connectivity index (χ0v) is 17.4. The number of ether oxygens (including phenoxy) is 1. The van der Waals surface area contributed by atoms with Gasteiger partial charge in [-0.05, 0) is 42.8 Å². The monoisotopic (exact) mass is 421 g/mol. The number of hydrogen-bond donors (Lipinski definition) is 1. The molecule has 0 aliphatic carbocycles. The highest BCUT2D eigenvalue weighted by atomic mass is 32.1. The average Bonchev–Trinajstić information content (AvgIpc) is 3.12. The van der Waals surface area contributed by atoms with Crippen molar-refractivity contribution in [3.8, 4) is 22.5 Å². The van der Waals surface area contributed by atoms with Crippen LogP contribution in [0, 0.1) is 5.82 Å². The van der Waals surface area contributed by atoms with Crippen LogP contribution < -0.4 is 4.31 Å². The number of rotatable bonds is 5. The van der Waals surface area contributed by atoms with E-state index in [4.69, 9.17) is 9.15 Å². The van der Waals surface area contributed by atoms with E-state index in [0.717, 1.165) is 16.8 Å². The van der Waals surface area contributed by atoms with E-state index >= 15 is 0 Å². The van der Waals surface area contributed by atoms with Crippen molar-refractivity contribution < 1.29 is 18.3 Å². The van der Waals surface area contributed by atoms with Crippen molar-refractivity contribution in [3.05, 3.63) is 78.1 Å². The van der Waals surface area contributed by atoms with Crippen LogP contribution in [0.4, 0.5) is 10.1 Å². The highest BCUT2D eigenvalue weighted by Crippen LogP contribution is 2.41. The second-order valence-electron chi connectivity index (χ2n) is 6.79. The van der Waals surface area contributed by atoms with E-state index in [1.54, 1.807) is 23.4 Å². The lowest BCUT2D eigenvalue weighted by Gasteiger charge is -2.16. The molecule has 0 saturated heterocycles. The van der Waals surface area contributed by atoms with Crippen molar-refractivity contribution in [1.82, 2.24) is 0 Å². The molecule has 0 N–H and O–H groups in total. The molecular weight excluding hydrogens is 401 g/mol. The number of benzene rings is 3. The van der Waals surface area contributed by atoms with Crippen molar-refractivity contribution >= 4 is 35.4 Å². The summed E-state index contributed by atoms with van der Waals surface area (Å²) in [6, 6.07) is 19.4. The topological polar surface area (TPSA) is 42.7 Å². The summed E-state index contributed by atoms with van der Waals surface area (Å²) in [6.07, 6.45) is 0. The van der Waals surface area contributed by atoms with E-state index in [1.807, 2.05) is 49.5 Å². The minimum atomic E-state index is -0.485. The van der Waals surface area contributed by atoms with Gasteiger partial charge in [0.2, 0.25) is 0 Å². The predicted octanol–water partition coefficient (Wildman–Crippen LogP) is 6.36. The Morgan fingerprint density at radius 3 is 2.40 bits per heavy atom. The summed E-state index contributed by atoms with van der Waals surface area (Å²) >= 11 is 4.48. The number of carbonyl (C=O) groups excluding carboxylic acids is 1. The largest absolute Gasteiger partial charge is 0.462 e. The van der Waals surface area contributed by atoms with Crippen LogP contribution in [0.1, 0.15) is 17.3 Å². The van der Waals surface area contributed by atoms with E-state index in [9.17, 15) is 9.18 Å². The molecule has 0 saturated carbocycles. The van der Waals surface area contributed by atoms with Gasteiger partial charge in [-0.3, -0.25) is 0 Å². The lowest BCUT2D eigenvalue weighted by atomic mass is 9.99. The Morgan fingerprint density at radius 1 is 1.07 bits per heavy atom. The molecule has 0 unspecified atom stereocenters. The molecule has 3 aromatic carbocycles. The molecular formula is C24H20FNO3S. The third-order valence-electron chi connectivity index (χ3n) is 4.83. The first-order chi connectivity index (χ1) is 14.5. The Balaban J connectivity index is 2.02. The Bertz CT molecular complexity index is 1200. The van der Waals surface area contributed by atoms with Gasteiger partial charge in [0.05, 0.1) is 12.3 Å². The quantitative estimate of drug-likeness (QED) is 0.301. The summed E-state index contributed by atoms with van der Waals surface area (Å²) in [4.78, 5) is 12.9. The van der Waals surface area contributed by atoms with Crippen LogP contribution in [0.5, 0.6) is 0 Å². The van der Waals surface area contributed by atoms with Crippen LogP contribution in [-0.4, -0.2) is 19.6 Å². The molecule has 4 aromatic rings. The van der Waals surface area contributed by atoms with Gasteiger partial charge < -0.3 is 13.5 Å². The Hall–Kier alpha value is -3.25. The van der Waals surface area contributed by atoms with Gasteiger partial charge in [-0.25, -0.2) is 9.18 Å². The van der Waals surface area contributed by atoms with Gasteiger partial charge in [-0.2, -0.15) is 0 Å². The van der Waals surface area contributed by atoms with Crippen molar-refractivity contribution in [1.29, 1.82) is 0 Å². The SMILES string of the molecule is CCOC(=O)c1c(-c2ccc(F)cc2)oc2cc(N(C)S)c(-c3ccccc3)cc12. The number of carbonyl (C=O) groups is 1. The highest BCUT2D eigenvalue weighted by molar-refractivity contribution is 7.81. The molecule has 0 atom stereocenters. The van der Waals surface area contributed by atoms with E-state index in [2.05, 4.69) is 12.8 Å². The van der Waals surface area contributed by atoms with Crippen LogP contribution in [-0.2, 0) is 4.74 Å². The second-order valence-corrected chi connectivity index (χ2v) is 7.39. The molecule has 0 fully saturated rings. The van der Waals surface area contributed by atoms with Gasteiger partial charge in [0.1, 0.15) is 22.7 Å². The number of hydrogen-bond acceptors (Lipinski definition) is 5. The third kappa shape index (κ3) is 3.66. The number of thiol groups is 1. The van der Waals surface area contributed by atoms with Crippen molar-refractivity contribution in [2.24, 2.45) is 0 Å². The summed E-state index contributed by atoms with van der Waals surface area (Å²) in [5, 5.41) is 0.630. The van der Waals surface area contributed by atoms with Gasteiger partial charge >= 0.3 is 5.97 Å². The van der Waals surface area contributed by atoms with Crippen LogP contribution in [0.25, 0.3) is 33.4 Å². The van der Waals surface area contributed by atoms with E-state index in [1.165, 1.54) is 12.1 Å². The molecule has 0 spiro atoms. The predicted molar refractivity (Wildman–Crippen MR) is 120 cm³/mol. The highest BCUT2D eigenvalue weighted by Gasteiger charge is 2.25. The summed E-state index contributed by atoms with van der Waals surface area (Å²) < 4.78 is 26.5. The maximum absolute atomic E-state index is 13.4. The van der Waals surface area contributed by atoms with Gasteiger partial charge in [-0.1, -0.05) is 43.1 Å². The summed E-state index contributed by atoms with van der Waals surface area (Å²) in [5.74, 6) is -0.499. The van der Waals surface area contributed by atoms with Gasteiger partial charge in [-0.15, -0.1) is 0 Å². The van der Waals surface area contributed by atoms with E-state index in [0.29, 0.717) is 27.9 Å². The normalized spacial score (nSPS) is 10.9. The van der Waals surface area contributed by atoms with E-state index < -0.39 is 5.97 Å². The van der Waals surface area contributed by atoms with Crippen LogP contribution in [0.3, 0.4) is 0 Å². The lowest BCUT2D eigenvalue weighted by Crippen LogP contribution is -2.06. The number of esters is 1. The van der Waals surface area contributed by atoms with Gasteiger partial charge in [0.15, 0.2) is 0 Å². The third-order valence-corrected chi connectivity index (χ3v) is 5.04. The maximum Gasteiger partial charge on any atom is 0.342 e. The van der Waals surface area contributed by atoms with Crippen LogP contribution >= 0.6 is 12.8 Å². The molecule has 4 nitrogen and oxygen atoms in total.